The number of rotatable bonds is 5. The molecule has 130 valence electrons. The number of nitrogens with zero attached hydrogens (tertiary/aromatic N) is 1. The molecular formula is C19H17F2NO3. The van der Waals surface area contributed by atoms with Gasteiger partial charge in [0.25, 0.3) is 0 Å². The highest BCUT2D eigenvalue weighted by atomic mass is 19.2. The van der Waals surface area contributed by atoms with Crippen LogP contribution >= 0.6 is 0 Å². The van der Waals surface area contributed by atoms with Crippen molar-refractivity contribution < 1.29 is 23.1 Å². The molecule has 1 unspecified atom stereocenters. The van der Waals surface area contributed by atoms with Crippen molar-refractivity contribution in [2.75, 3.05) is 6.61 Å². The van der Waals surface area contributed by atoms with Crippen LogP contribution in [0.2, 0.25) is 0 Å². The van der Waals surface area contributed by atoms with Gasteiger partial charge in [-0.3, -0.25) is 4.79 Å². The second-order valence-electron chi connectivity index (χ2n) is 5.93. The Balaban J connectivity index is 1.64. The Kier molecular flexibility index (Phi) is 5.07. The number of ether oxygens (including phenoxy) is 1. The maximum absolute atomic E-state index is 13.2. The van der Waals surface area contributed by atoms with E-state index in [2.05, 4.69) is 0 Å². The predicted molar refractivity (Wildman–Crippen MR) is 86.8 cm³/mol. The second-order valence-corrected chi connectivity index (χ2v) is 5.93. The molecule has 1 heterocycles. The molecule has 4 nitrogen and oxygen atoms in total. The Morgan fingerprint density at radius 1 is 1.08 bits per heavy atom. The number of imide groups is 1. The fourth-order valence-corrected chi connectivity index (χ4v) is 2.87. The van der Waals surface area contributed by atoms with Gasteiger partial charge in [-0.25, -0.2) is 18.5 Å². The molecule has 1 aliphatic rings. The van der Waals surface area contributed by atoms with Crippen LogP contribution < -0.4 is 0 Å². The molecule has 1 saturated heterocycles. The summed E-state index contributed by atoms with van der Waals surface area (Å²) >= 11 is 0. The third-order valence-corrected chi connectivity index (χ3v) is 4.16. The summed E-state index contributed by atoms with van der Waals surface area (Å²) < 4.78 is 31.2. The Morgan fingerprint density at radius 2 is 1.84 bits per heavy atom. The Morgan fingerprint density at radius 3 is 2.56 bits per heavy atom. The van der Waals surface area contributed by atoms with Gasteiger partial charge in [-0.1, -0.05) is 36.4 Å². The number of halogens is 2. The van der Waals surface area contributed by atoms with Gasteiger partial charge in [0.1, 0.15) is 6.61 Å². The van der Waals surface area contributed by atoms with Crippen LogP contribution in [0.25, 0.3) is 0 Å². The molecule has 0 saturated carbocycles. The highest BCUT2D eigenvalue weighted by Crippen LogP contribution is 2.19. The largest absolute Gasteiger partial charge is 0.447 e. The summed E-state index contributed by atoms with van der Waals surface area (Å²) in [5, 5.41) is 0. The van der Waals surface area contributed by atoms with Gasteiger partial charge in [0, 0.05) is 6.42 Å². The molecule has 0 spiro atoms. The SMILES string of the molecule is O=C(CCc1ccc(F)c(F)c1)N1C(=O)OCC1Cc1ccccc1. The maximum Gasteiger partial charge on any atom is 0.416 e. The first-order valence-corrected chi connectivity index (χ1v) is 8.01. The van der Waals surface area contributed by atoms with Crippen LogP contribution in [0.3, 0.4) is 0 Å². The molecule has 1 aliphatic heterocycles. The number of cyclic esters (lactones) is 1. The van der Waals surface area contributed by atoms with E-state index in [1.54, 1.807) is 0 Å². The zero-order valence-electron chi connectivity index (χ0n) is 13.5. The molecule has 3 rings (SSSR count). The van der Waals surface area contributed by atoms with Gasteiger partial charge in [-0.2, -0.15) is 0 Å². The van der Waals surface area contributed by atoms with E-state index in [-0.39, 0.29) is 31.4 Å². The number of benzene rings is 2. The number of amides is 2. The zero-order chi connectivity index (χ0) is 17.8. The minimum atomic E-state index is -0.951. The highest BCUT2D eigenvalue weighted by Gasteiger charge is 2.37. The Hall–Kier alpha value is -2.76. The number of hydrogen-bond donors (Lipinski definition) is 0. The lowest BCUT2D eigenvalue weighted by molar-refractivity contribution is -0.129. The summed E-state index contributed by atoms with van der Waals surface area (Å²) in [6.07, 6.45) is 0.100. The maximum atomic E-state index is 13.2. The third-order valence-electron chi connectivity index (χ3n) is 4.16. The zero-order valence-corrected chi connectivity index (χ0v) is 13.5. The Bertz CT molecular complexity index is 779. The lowest BCUT2D eigenvalue weighted by Crippen LogP contribution is -2.40. The van der Waals surface area contributed by atoms with Crippen LogP contribution in [-0.2, 0) is 22.4 Å². The Labute approximate surface area is 144 Å². The van der Waals surface area contributed by atoms with Crippen molar-refractivity contribution in [2.45, 2.75) is 25.3 Å². The molecule has 0 bridgehead atoms. The van der Waals surface area contributed by atoms with Gasteiger partial charge in [0.05, 0.1) is 6.04 Å². The molecule has 0 radical (unpaired) electrons. The van der Waals surface area contributed by atoms with E-state index in [0.717, 1.165) is 22.6 Å². The number of carbonyl (C=O) groups is 2. The average molecular weight is 345 g/mol. The summed E-state index contributed by atoms with van der Waals surface area (Å²) in [6, 6.07) is 12.7. The van der Waals surface area contributed by atoms with Gasteiger partial charge in [-0.15, -0.1) is 0 Å². The first-order chi connectivity index (χ1) is 12.0. The van der Waals surface area contributed by atoms with Crippen molar-refractivity contribution in [2.24, 2.45) is 0 Å². The minimum absolute atomic E-state index is 0.0193. The van der Waals surface area contributed by atoms with Crippen molar-refractivity contribution in [1.82, 2.24) is 4.90 Å². The van der Waals surface area contributed by atoms with Crippen molar-refractivity contribution in [3.05, 3.63) is 71.3 Å². The van der Waals surface area contributed by atoms with Crippen LogP contribution in [0, 0.1) is 11.6 Å². The first kappa shape index (κ1) is 17.1. The number of hydrogen-bond acceptors (Lipinski definition) is 3. The van der Waals surface area contributed by atoms with E-state index < -0.39 is 17.7 Å². The fourth-order valence-electron chi connectivity index (χ4n) is 2.87. The summed E-state index contributed by atoms with van der Waals surface area (Å²) in [7, 11) is 0. The van der Waals surface area contributed by atoms with E-state index in [4.69, 9.17) is 4.74 Å². The van der Waals surface area contributed by atoms with Gasteiger partial charge >= 0.3 is 6.09 Å². The molecule has 2 aromatic rings. The van der Waals surface area contributed by atoms with Gasteiger partial charge < -0.3 is 4.74 Å². The van der Waals surface area contributed by atoms with Gasteiger partial charge in [0.2, 0.25) is 5.91 Å². The molecule has 2 aromatic carbocycles. The average Bonchev–Trinajstić information content (AvgIpc) is 2.97. The van der Waals surface area contributed by atoms with Crippen LogP contribution in [-0.4, -0.2) is 29.5 Å². The smallest absolute Gasteiger partial charge is 0.416 e. The van der Waals surface area contributed by atoms with Crippen LogP contribution in [0.5, 0.6) is 0 Å². The molecular weight excluding hydrogens is 328 g/mol. The minimum Gasteiger partial charge on any atom is -0.447 e. The quantitative estimate of drug-likeness (QED) is 0.833. The molecule has 0 aliphatic carbocycles. The van der Waals surface area contributed by atoms with E-state index >= 15 is 0 Å². The normalized spacial score (nSPS) is 16.8. The molecule has 6 heteroatoms. The summed E-state index contributed by atoms with van der Waals surface area (Å²) in [4.78, 5) is 25.5. The standard InChI is InChI=1S/C19H17F2NO3/c20-16-8-6-14(11-17(16)21)7-9-18(23)22-15(12-25-19(22)24)10-13-4-2-1-3-5-13/h1-6,8,11,15H,7,9-10,12H2. The predicted octanol–water partition coefficient (Wildman–Crippen LogP) is 3.49. The van der Waals surface area contributed by atoms with Gasteiger partial charge in [-0.05, 0) is 36.1 Å². The summed E-state index contributed by atoms with van der Waals surface area (Å²) in [6.45, 7) is 0.157. The molecule has 2 amide bonds. The van der Waals surface area contributed by atoms with Gasteiger partial charge in [0.15, 0.2) is 11.6 Å². The van der Waals surface area contributed by atoms with E-state index in [1.165, 1.54) is 6.07 Å². The van der Waals surface area contributed by atoms with Crippen molar-refractivity contribution in [3.63, 3.8) is 0 Å². The van der Waals surface area contributed by atoms with Crippen molar-refractivity contribution in [1.29, 1.82) is 0 Å². The molecule has 1 fully saturated rings. The first-order valence-electron chi connectivity index (χ1n) is 8.01. The second kappa shape index (κ2) is 7.42. The van der Waals surface area contributed by atoms with E-state index in [1.807, 2.05) is 30.3 Å². The van der Waals surface area contributed by atoms with E-state index in [9.17, 15) is 18.4 Å². The molecule has 25 heavy (non-hydrogen) atoms. The van der Waals surface area contributed by atoms with Crippen LogP contribution in [0.1, 0.15) is 17.5 Å². The molecule has 0 N–H and O–H groups in total. The highest BCUT2D eigenvalue weighted by molar-refractivity contribution is 5.93. The number of aryl methyl sites for hydroxylation is 1. The van der Waals surface area contributed by atoms with Crippen LogP contribution in [0.4, 0.5) is 13.6 Å². The monoisotopic (exact) mass is 345 g/mol. The molecule has 1 atom stereocenters. The van der Waals surface area contributed by atoms with Crippen molar-refractivity contribution >= 4 is 12.0 Å². The topological polar surface area (TPSA) is 46.6 Å². The summed E-state index contributed by atoms with van der Waals surface area (Å²) in [5.41, 5.74) is 1.50. The van der Waals surface area contributed by atoms with Crippen LogP contribution in [0.15, 0.2) is 48.5 Å². The summed E-state index contributed by atoms with van der Waals surface area (Å²) in [5.74, 6) is -2.26. The fraction of sp³-hybridized carbons (Fsp3) is 0.263. The van der Waals surface area contributed by atoms with Crippen molar-refractivity contribution in [3.8, 4) is 0 Å². The lowest BCUT2D eigenvalue weighted by Gasteiger charge is -2.19. The molecule has 0 aromatic heterocycles. The lowest BCUT2D eigenvalue weighted by atomic mass is 10.0. The number of carbonyl (C=O) groups excluding carboxylic acids is 2. The third kappa shape index (κ3) is 4.02. The van der Waals surface area contributed by atoms with E-state index in [0.29, 0.717) is 12.0 Å².